The predicted octanol–water partition coefficient (Wildman–Crippen LogP) is -0.154. The van der Waals surface area contributed by atoms with Gasteiger partial charge in [-0.2, -0.15) is 0 Å². The molecule has 4 rings (SSSR count). The third kappa shape index (κ3) is 2.74. The molecule has 0 aromatic carbocycles. The Balaban J connectivity index is 1.40. The van der Waals surface area contributed by atoms with Crippen LogP contribution in [0.15, 0.2) is 24.8 Å². The van der Waals surface area contributed by atoms with Crippen molar-refractivity contribution in [1.82, 2.24) is 39.5 Å². The number of hydrogen-bond acceptors (Lipinski definition) is 7. The summed E-state index contributed by atoms with van der Waals surface area (Å²) in [5.41, 5.74) is 0.834. The smallest absolute Gasteiger partial charge is 0.203 e. The van der Waals surface area contributed by atoms with Crippen LogP contribution in [0.4, 0.5) is 5.82 Å². The summed E-state index contributed by atoms with van der Waals surface area (Å²) in [5.74, 6) is 1.80. The monoisotopic (exact) mass is 313 g/mol. The van der Waals surface area contributed by atoms with Gasteiger partial charge in [-0.05, 0) is 6.92 Å². The Labute approximate surface area is 133 Å². The van der Waals surface area contributed by atoms with E-state index in [4.69, 9.17) is 0 Å². The highest BCUT2D eigenvalue weighted by Gasteiger charge is 2.21. The number of fused-ring (bicyclic) bond motifs is 1. The molecule has 0 atom stereocenters. The second-order valence-electron chi connectivity index (χ2n) is 5.69. The number of nitrogens with zero attached hydrogens (tertiary/aromatic N) is 9. The van der Waals surface area contributed by atoms with E-state index in [1.807, 2.05) is 34.6 Å². The van der Waals surface area contributed by atoms with Gasteiger partial charge in [-0.3, -0.25) is 14.0 Å². The van der Waals surface area contributed by atoms with Gasteiger partial charge in [0.25, 0.3) is 0 Å². The summed E-state index contributed by atoms with van der Waals surface area (Å²) >= 11 is 0. The summed E-state index contributed by atoms with van der Waals surface area (Å²) in [6, 6.07) is 0. The Kier molecular flexibility index (Phi) is 3.62. The Morgan fingerprint density at radius 1 is 1.00 bits per heavy atom. The highest BCUT2D eigenvalue weighted by Crippen LogP contribution is 2.19. The van der Waals surface area contributed by atoms with Crippen molar-refractivity contribution in [1.29, 1.82) is 0 Å². The normalized spacial score (nSPS) is 16.3. The van der Waals surface area contributed by atoms with Crippen molar-refractivity contribution in [3.63, 3.8) is 0 Å². The van der Waals surface area contributed by atoms with E-state index in [9.17, 15) is 0 Å². The Bertz CT molecular complexity index is 771. The van der Waals surface area contributed by atoms with Gasteiger partial charge in [0.2, 0.25) is 5.65 Å². The second-order valence-corrected chi connectivity index (χ2v) is 5.69. The van der Waals surface area contributed by atoms with Crippen molar-refractivity contribution in [2.45, 2.75) is 13.5 Å². The fourth-order valence-electron chi connectivity index (χ4n) is 2.93. The van der Waals surface area contributed by atoms with Crippen molar-refractivity contribution in [3.8, 4) is 0 Å². The molecule has 1 aliphatic rings. The van der Waals surface area contributed by atoms with Gasteiger partial charge in [0.1, 0.15) is 5.82 Å². The molecule has 1 aliphatic heterocycles. The molecule has 3 aromatic heterocycles. The van der Waals surface area contributed by atoms with Crippen molar-refractivity contribution < 1.29 is 0 Å². The maximum Gasteiger partial charge on any atom is 0.203 e. The summed E-state index contributed by atoms with van der Waals surface area (Å²) in [7, 11) is 0. The molecule has 0 unspecified atom stereocenters. The first-order valence-corrected chi connectivity index (χ1v) is 7.79. The van der Waals surface area contributed by atoms with Gasteiger partial charge in [0.15, 0.2) is 5.82 Å². The largest absolute Gasteiger partial charge is 0.351 e. The summed E-state index contributed by atoms with van der Waals surface area (Å²) in [4.78, 5) is 9.24. The van der Waals surface area contributed by atoms with E-state index in [-0.39, 0.29) is 0 Å². The van der Waals surface area contributed by atoms with E-state index in [2.05, 4.69) is 35.3 Å². The van der Waals surface area contributed by atoms with Crippen LogP contribution in [0.2, 0.25) is 0 Å². The van der Waals surface area contributed by atoms with Gasteiger partial charge in [0, 0.05) is 51.3 Å². The minimum atomic E-state index is 0.834. The third-order valence-electron chi connectivity index (χ3n) is 4.27. The molecule has 0 amide bonds. The molecule has 1 saturated heterocycles. The molecule has 120 valence electrons. The molecular weight excluding hydrogens is 294 g/mol. The fourth-order valence-corrected chi connectivity index (χ4v) is 2.93. The molecule has 9 heteroatoms. The fraction of sp³-hybridized carbons (Fsp3) is 0.500. The van der Waals surface area contributed by atoms with Gasteiger partial charge >= 0.3 is 0 Å². The first-order valence-electron chi connectivity index (χ1n) is 7.79. The van der Waals surface area contributed by atoms with Gasteiger partial charge in [-0.25, -0.2) is 4.98 Å². The molecule has 4 heterocycles. The molecule has 1 fully saturated rings. The second kappa shape index (κ2) is 5.92. The minimum absolute atomic E-state index is 0.834. The number of anilines is 1. The average Bonchev–Trinajstić information content (AvgIpc) is 3.24. The zero-order valence-corrected chi connectivity index (χ0v) is 13.1. The Morgan fingerprint density at radius 3 is 2.65 bits per heavy atom. The number of aryl methyl sites for hydroxylation is 1. The maximum absolute atomic E-state index is 4.52. The Hall–Kier alpha value is -2.55. The Morgan fingerprint density at radius 2 is 1.87 bits per heavy atom. The summed E-state index contributed by atoms with van der Waals surface area (Å²) < 4.78 is 3.85. The highest BCUT2D eigenvalue weighted by molar-refractivity contribution is 5.63. The molecule has 3 aromatic rings. The van der Waals surface area contributed by atoms with E-state index in [1.165, 1.54) is 0 Å². The molecule has 9 nitrogen and oxygen atoms in total. The average molecular weight is 313 g/mol. The summed E-state index contributed by atoms with van der Waals surface area (Å²) in [6.07, 6.45) is 7.33. The van der Waals surface area contributed by atoms with Crippen LogP contribution in [0.25, 0.3) is 5.65 Å². The quantitative estimate of drug-likeness (QED) is 0.662. The van der Waals surface area contributed by atoms with Crippen molar-refractivity contribution in [2.75, 3.05) is 37.6 Å². The summed E-state index contributed by atoms with van der Waals surface area (Å²) in [6.45, 7) is 7.70. The number of hydrogen-bond donors (Lipinski definition) is 0. The van der Waals surface area contributed by atoms with Crippen LogP contribution in [-0.4, -0.2) is 72.2 Å². The topological polar surface area (TPSA) is 80.3 Å². The zero-order valence-electron chi connectivity index (χ0n) is 13.1. The molecule has 0 bridgehead atoms. The predicted molar refractivity (Wildman–Crippen MR) is 84.2 cm³/mol. The van der Waals surface area contributed by atoms with Crippen molar-refractivity contribution in [2.24, 2.45) is 0 Å². The van der Waals surface area contributed by atoms with Crippen molar-refractivity contribution in [3.05, 3.63) is 30.6 Å². The molecular formula is C14H19N9. The van der Waals surface area contributed by atoms with Crippen LogP contribution in [0.1, 0.15) is 5.82 Å². The molecule has 23 heavy (non-hydrogen) atoms. The lowest BCUT2D eigenvalue weighted by Crippen LogP contribution is -2.47. The SMILES string of the molecule is Cc1nnc2c(N3CCN(CCn4ccnn4)CC3)nccn12. The standard InChI is InChI=1S/C14H19N9/c1-12-17-18-14-13(15-2-5-23(12)14)21-9-6-20(7-10-21)8-11-22-4-3-16-19-22/h2-5H,6-11H2,1H3. The van der Waals surface area contributed by atoms with Crippen LogP contribution in [0.3, 0.4) is 0 Å². The van der Waals surface area contributed by atoms with Gasteiger partial charge < -0.3 is 4.90 Å². The zero-order chi connectivity index (χ0) is 15.6. The highest BCUT2D eigenvalue weighted by atomic mass is 15.4. The van der Waals surface area contributed by atoms with Crippen molar-refractivity contribution >= 4 is 11.5 Å². The van der Waals surface area contributed by atoms with Crippen LogP contribution >= 0.6 is 0 Å². The van der Waals surface area contributed by atoms with Crippen LogP contribution < -0.4 is 4.90 Å². The van der Waals surface area contributed by atoms with Gasteiger partial charge in [-0.15, -0.1) is 15.3 Å². The van der Waals surface area contributed by atoms with Crippen LogP contribution in [0.5, 0.6) is 0 Å². The van der Waals surface area contributed by atoms with Gasteiger partial charge in [-0.1, -0.05) is 5.21 Å². The maximum atomic E-state index is 4.52. The first kappa shape index (κ1) is 14.1. The molecule has 0 radical (unpaired) electrons. The number of piperazine rings is 1. The third-order valence-corrected chi connectivity index (χ3v) is 4.27. The molecule has 0 saturated carbocycles. The number of rotatable bonds is 4. The minimum Gasteiger partial charge on any atom is -0.351 e. The van der Waals surface area contributed by atoms with E-state index in [1.54, 1.807) is 6.20 Å². The van der Waals surface area contributed by atoms with E-state index in [0.717, 1.165) is 56.6 Å². The summed E-state index contributed by atoms with van der Waals surface area (Å²) in [5, 5.41) is 16.2. The van der Waals surface area contributed by atoms with Crippen LogP contribution in [-0.2, 0) is 6.54 Å². The van der Waals surface area contributed by atoms with E-state index < -0.39 is 0 Å². The number of aromatic nitrogens is 7. The lowest BCUT2D eigenvalue weighted by Gasteiger charge is -2.35. The molecule has 0 spiro atoms. The van der Waals surface area contributed by atoms with Crippen LogP contribution in [0, 0.1) is 6.92 Å². The van der Waals surface area contributed by atoms with Gasteiger partial charge in [0.05, 0.1) is 12.7 Å². The molecule has 0 aliphatic carbocycles. The molecule has 0 N–H and O–H groups in total. The lowest BCUT2D eigenvalue weighted by molar-refractivity contribution is 0.243. The lowest BCUT2D eigenvalue weighted by atomic mass is 10.3. The first-order chi connectivity index (χ1) is 11.3. The van der Waals surface area contributed by atoms with E-state index >= 15 is 0 Å². The van der Waals surface area contributed by atoms with E-state index in [0.29, 0.717) is 0 Å².